The van der Waals surface area contributed by atoms with E-state index < -0.39 is 5.54 Å². The van der Waals surface area contributed by atoms with E-state index in [-0.39, 0.29) is 24.3 Å². The number of aromatic nitrogens is 1. The molecule has 0 saturated carbocycles. The highest BCUT2D eigenvalue weighted by molar-refractivity contribution is 6.01. The van der Waals surface area contributed by atoms with Crippen LogP contribution in [0, 0.1) is 0 Å². The fourth-order valence-electron chi connectivity index (χ4n) is 6.08. The molecule has 1 aromatic heterocycles. The number of piperazine rings is 1. The molecule has 0 bridgehead atoms. The van der Waals surface area contributed by atoms with Crippen molar-refractivity contribution in [3.8, 4) is 11.5 Å². The first-order valence-electron chi connectivity index (χ1n) is 12.4. The van der Waals surface area contributed by atoms with Gasteiger partial charge < -0.3 is 24.3 Å². The molecular formula is C30H29N3O4. The van der Waals surface area contributed by atoms with Crippen molar-refractivity contribution in [1.29, 1.82) is 0 Å². The Balaban J connectivity index is 1.51. The van der Waals surface area contributed by atoms with Gasteiger partial charge in [-0.2, -0.15) is 0 Å². The number of aromatic amines is 1. The van der Waals surface area contributed by atoms with Gasteiger partial charge in [0.25, 0.3) is 5.91 Å². The van der Waals surface area contributed by atoms with Crippen LogP contribution in [0.15, 0.2) is 72.8 Å². The van der Waals surface area contributed by atoms with Crippen LogP contribution in [0.2, 0.25) is 0 Å². The monoisotopic (exact) mass is 495 g/mol. The number of benzene rings is 3. The predicted molar refractivity (Wildman–Crippen MR) is 141 cm³/mol. The van der Waals surface area contributed by atoms with E-state index in [0.717, 1.165) is 39.0 Å². The van der Waals surface area contributed by atoms with E-state index in [1.54, 1.807) is 24.0 Å². The van der Waals surface area contributed by atoms with Gasteiger partial charge in [-0.05, 0) is 30.7 Å². The second kappa shape index (κ2) is 8.69. The molecule has 6 rings (SSSR count). The lowest BCUT2D eigenvalue weighted by atomic mass is 9.76. The molecule has 1 fully saturated rings. The molecule has 7 heteroatoms. The van der Waals surface area contributed by atoms with Crippen molar-refractivity contribution >= 4 is 22.7 Å². The van der Waals surface area contributed by atoms with Gasteiger partial charge in [0, 0.05) is 41.0 Å². The Bertz CT molecular complexity index is 1530. The summed E-state index contributed by atoms with van der Waals surface area (Å²) < 4.78 is 11.2. The van der Waals surface area contributed by atoms with Crippen LogP contribution in [0.3, 0.4) is 0 Å². The lowest BCUT2D eigenvalue weighted by Crippen LogP contribution is -2.67. The van der Waals surface area contributed by atoms with Gasteiger partial charge in [0.2, 0.25) is 5.91 Å². The smallest absolute Gasteiger partial charge is 0.255 e. The molecule has 4 aromatic rings. The van der Waals surface area contributed by atoms with E-state index in [1.807, 2.05) is 73.7 Å². The van der Waals surface area contributed by atoms with Gasteiger partial charge in [0.1, 0.15) is 18.0 Å². The molecule has 1 N–H and O–H groups in total. The molecular weight excluding hydrogens is 466 g/mol. The number of fused-ring (bicyclic) bond motifs is 5. The van der Waals surface area contributed by atoms with Crippen LogP contribution in [-0.2, 0) is 21.7 Å². The van der Waals surface area contributed by atoms with Gasteiger partial charge in [-0.3, -0.25) is 9.59 Å². The zero-order valence-corrected chi connectivity index (χ0v) is 21.2. The third-order valence-corrected chi connectivity index (χ3v) is 7.89. The molecule has 37 heavy (non-hydrogen) atoms. The van der Waals surface area contributed by atoms with Gasteiger partial charge >= 0.3 is 0 Å². The number of carbonyl (C=O) groups excluding carboxylic acids is 2. The van der Waals surface area contributed by atoms with E-state index in [0.29, 0.717) is 18.8 Å². The summed E-state index contributed by atoms with van der Waals surface area (Å²) in [5.74, 6) is 1.13. The summed E-state index contributed by atoms with van der Waals surface area (Å²) in [6.07, 6.45) is 0. The number of hydrogen-bond donors (Lipinski definition) is 1. The molecule has 188 valence electrons. The standard InChI is InChI=1S/C30H29N3O4/c1-30-28-27(21-12-5-7-13-23(21)31-28)22(20-11-6-9-15-25(20)37-3)17-33(30)26(34)18-32(29(30)35)16-19-10-4-8-14-24(19)36-2/h4-15,22,31H,16-18H2,1-3H3. The molecule has 0 radical (unpaired) electrons. The molecule has 2 amide bonds. The Morgan fingerprint density at radius 3 is 2.38 bits per heavy atom. The molecule has 2 atom stereocenters. The van der Waals surface area contributed by atoms with Crippen molar-refractivity contribution in [3.63, 3.8) is 0 Å². The highest BCUT2D eigenvalue weighted by Gasteiger charge is 2.56. The maximum Gasteiger partial charge on any atom is 0.255 e. The molecule has 3 aromatic carbocycles. The Labute approximate surface area is 215 Å². The lowest BCUT2D eigenvalue weighted by molar-refractivity contribution is -0.167. The van der Waals surface area contributed by atoms with Crippen molar-refractivity contribution in [2.75, 3.05) is 27.3 Å². The summed E-state index contributed by atoms with van der Waals surface area (Å²) in [5.41, 5.74) is 3.44. The molecule has 7 nitrogen and oxygen atoms in total. The van der Waals surface area contributed by atoms with Crippen LogP contribution >= 0.6 is 0 Å². The van der Waals surface area contributed by atoms with Gasteiger partial charge in [-0.1, -0.05) is 54.6 Å². The van der Waals surface area contributed by atoms with Crippen LogP contribution in [0.5, 0.6) is 11.5 Å². The number of H-pyrrole nitrogens is 1. The largest absolute Gasteiger partial charge is 0.496 e. The SMILES string of the molecule is COc1ccccc1CN1CC(=O)N2CC(c3ccccc3OC)c3c([nH]c4ccccc34)C2(C)C1=O. The van der Waals surface area contributed by atoms with E-state index in [9.17, 15) is 9.59 Å². The number of hydrogen-bond acceptors (Lipinski definition) is 4. The highest BCUT2D eigenvalue weighted by atomic mass is 16.5. The van der Waals surface area contributed by atoms with E-state index in [4.69, 9.17) is 9.47 Å². The highest BCUT2D eigenvalue weighted by Crippen LogP contribution is 2.49. The van der Waals surface area contributed by atoms with Gasteiger partial charge in [-0.25, -0.2) is 0 Å². The number of nitrogens with zero attached hydrogens (tertiary/aromatic N) is 2. The third kappa shape index (κ3) is 3.41. The molecule has 2 unspecified atom stereocenters. The van der Waals surface area contributed by atoms with Crippen LogP contribution in [0.4, 0.5) is 0 Å². The minimum absolute atomic E-state index is 0.0146. The van der Waals surface area contributed by atoms with Crippen molar-refractivity contribution in [2.45, 2.75) is 24.9 Å². The predicted octanol–water partition coefficient (Wildman–Crippen LogP) is 4.42. The normalized spacial score (nSPS) is 21.1. The topological polar surface area (TPSA) is 74.9 Å². The number of rotatable bonds is 5. The van der Waals surface area contributed by atoms with Gasteiger partial charge in [0.15, 0.2) is 5.54 Å². The number of nitrogens with one attached hydrogen (secondary N) is 1. The van der Waals surface area contributed by atoms with Crippen molar-refractivity contribution < 1.29 is 19.1 Å². The molecule has 2 aliphatic heterocycles. The molecule has 0 spiro atoms. The van der Waals surface area contributed by atoms with Crippen LogP contribution in [0.1, 0.15) is 35.2 Å². The third-order valence-electron chi connectivity index (χ3n) is 7.89. The maximum absolute atomic E-state index is 14.3. The van der Waals surface area contributed by atoms with Crippen LogP contribution in [0.25, 0.3) is 10.9 Å². The summed E-state index contributed by atoms with van der Waals surface area (Å²) in [4.78, 5) is 35.0. The Morgan fingerprint density at radius 2 is 1.59 bits per heavy atom. The zero-order chi connectivity index (χ0) is 25.7. The summed E-state index contributed by atoms with van der Waals surface area (Å²) >= 11 is 0. The number of para-hydroxylation sites is 3. The minimum atomic E-state index is -1.16. The maximum atomic E-state index is 14.3. The van der Waals surface area contributed by atoms with Crippen molar-refractivity contribution in [1.82, 2.24) is 14.8 Å². The summed E-state index contributed by atoms with van der Waals surface area (Å²) in [5, 5.41) is 1.05. The fraction of sp³-hybridized carbons (Fsp3) is 0.267. The number of methoxy groups -OCH3 is 2. The number of ether oxygens (including phenoxy) is 2. The average molecular weight is 496 g/mol. The van der Waals surface area contributed by atoms with Crippen LogP contribution < -0.4 is 9.47 Å². The summed E-state index contributed by atoms with van der Waals surface area (Å²) in [7, 11) is 3.27. The minimum Gasteiger partial charge on any atom is -0.496 e. The zero-order valence-electron chi connectivity index (χ0n) is 21.2. The van der Waals surface area contributed by atoms with Crippen molar-refractivity contribution in [3.05, 3.63) is 95.2 Å². The first-order chi connectivity index (χ1) is 18.0. The Morgan fingerprint density at radius 1 is 0.919 bits per heavy atom. The van der Waals surface area contributed by atoms with Crippen molar-refractivity contribution in [2.24, 2.45) is 0 Å². The van der Waals surface area contributed by atoms with Crippen LogP contribution in [-0.4, -0.2) is 53.9 Å². The summed E-state index contributed by atoms with van der Waals surface area (Å²) in [6.45, 7) is 2.57. The number of amides is 2. The second-order valence-corrected chi connectivity index (χ2v) is 9.80. The second-order valence-electron chi connectivity index (χ2n) is 9.80. The molecule has 3 heterocycles. The van der Waals surface area contributed by atoms with Gasteiger partial charge in [-0.15, -0.1) is 0 Å². The average Bonchev–Trinajstić information content (AvgIpc) is 3.33. The van der Waals surface area contributed by atoms with E-state index >= 15 is 0 Å². The fourth-order valence-corrected chi connectivity index (χ4v) is 6.08. The quantitative estimate of drug-likeness (QED) is 0.445. The first-order valence-corrected chi connectivity index (χ1v) is 12.4. The Kier molecular flexibility index (Phi) is 5.44. The lowest BCUT2D eigenvalue weighted by Gasteiger charge is -2.51. The molecule has 1 saturated heterocycles. The molecule has 0 aliphatic carbocycles. The van der Waals surface area contributed by atoms with Gasteiger partial charge in [0.05, 0.1) is 19.9 Å². The Hall–Kier alpha value is -4.26. The first kappa shape index (κ1) is 23.2. The van der Waals surface area contributed by atoms with E-state index in [1.165, 1.54) is 0 Å². The summed E-state index contributed by atoms with van der Waals surface area (Å²) in [6, 6.07) is 23.6. The van der Waals surface area contributed by atoms with E-state index in [2.05, 4.69) is 11.1 Å². The molecule has 2 aliphatic rings. The number of carbonyl (C=O) groups is 2.